The molecule has 20 heavy (non-hydrogen) atoms. The van der Waals surface area contributed by atoms with Crippen molar-refractivity contribution in [2.24, 2.45) is 0 Å². The smallest absolute Gasteiger partial charge is 0.213 e. The van der Waals surface area contributed by atoms with Gasteiger partial charge in [-0.15, -0.1) is 0 Å². The standard InChI is InChI=1S/C12H15BrN4O2S/c1-2-17-20(18,19)6-5-15-10-3-4-14-11-7-9(13)8-16-12(10)11/h3-4,7-8,17H,2,5-6H2,1H3,(H,14,15). The molecule has 0 bridgehead atoms. The minimum absolute atomic E-state index is 0.0151. The van der Waals surface area contributed by atoms with Crippen LogP contribution in [0.15, 0.2) is 29.0 Å². The molecule has 0 aliphatic heterocycles. The summed E-state index contributed by atoms with van der Waals surface area (Å²) in [4.78, 5) is 8.52. The van der Waals surface area contributed by atoms with Crippen LogP contribution in [0.1, 0.15) is 6.92 Å². The van der Waals surface area contributed by atoms with Gasteiger partial charge in [0.15, 0.2) is 0 Å². The molecule has 2 aromatic heterocycles. The second-order valence-corrected chi connectivity index (χ2v) is 6.97. The SMILES string of the molecule is CCNS(=O)(=O)CCNc1ccnc2cc(Br)cnc12. The number of nitrogens with zero attached hydrogens (tertiary/aromatic N) is 2. The number of anilines is 1. The molecule has 0 aromatic carbocycles. The maximum atomic E-state index is 11.5. The number of halogens is 1. The van der Waals surface area contributed by atoms with Gasteiger partial charge in [0.1, 0.15) is 5.52 Å². The van der Waals surface area contributed by atoms with Gasteiger partial charge in [0.25, 0.3) is 0 Å². The van der Waals surface area contributed by atoms with Crippen LogP contribution in [0.2, 0.25) is 0 Å². The lowest BCUT2D eigenvalue weighted by molar-refractivity contribution is 0.584. The van der Waals surface area contributed by atoms with Crippen LogP contribution in [0, 0.1) is 0 Å². The molecule has 108 valence electrons. The fourth-order valence-corrected chi connectivity index (χ4v) is 3.03. The van der Waals surface area contributed by atoms with Crippen molar-refractivity contribution in [3.63, 3.8) is 0 Å². The van der Waals surface area contributed by atoms with E-state index in [9.17, 15) is 8.42 Å². The van der Waals surface area contributed by atoms with E-state index in [1.54, 1.807) is 25.4 Å². The van der Waals surface area contributed by atoms with Gasteiger partial charge in [0.05, 0.1) is 17.0 Å². The third kappa shape index (κ3) is 3.87. The molecule has 0 aliphatic carbocycles. The van der Waals surface area contributed by atoms with Gasteiger partial charge in [0.2, 0.25) is 10.0 Å². The van der Waals surface area contributed by atoms with Gasteiger partial charge >= 0.3 is 0 Å². The summed E-state index contributed by atoms with van der Waals surface area (Å²) >= 11 is 3.34. The van der Waals surface area contributed by atoms with Crippen LogP contribution in [0.5, 0.6) is 0 Å². The highest BCUT2D eigenvalue weighted by Gasteiger charge is 2.09. The van der Waals surface area contributed by atoms with Crippen LogP contribution in [0.4, 0.5) is 5.69 Å². The maximum Gasteiger partial charge on any atom is 0.213 e. The van der Waals surface area contributed by atoms with Gasteiger partial charge < -0.3 is 5.32 Å². The number of nitrogens with one attached hydrogen (secondary N) is 2. The van der Waals surface area contributed by atoms with E-state index in [1.807, 2.05) is 6.07 Å². The second kappa shape index (κ2) is 6.47. The predicted molar refractivity (Wildman–Crippen MR) is 83.2 cm³/mol. The Kier molecular flexibility index (Phi) is 4.90. The van der Waals surface area contributed by atoms with Gasteiger partial charge in [-0.3, -0.25) is 9.97 Å². The molecule has 0 saturated carbocycles. The van der Waals surface area contributed by atoms with Crippen molar-refractivity contribution in [3.8, 4) is 0 Å². The molecule has 6 nitrogen and oxygen atoms in total. The van der Waals surface area contributed by atoms with E-state index in [0.717, 1.165) is 21.2 Å². The normalized spacial score (nSPS) is 11.7. The number of aromatic nitrogens is 2. The third-order valence-electron chi connectivity index (χ3n) is 2.59. The molecule has 2 N–H and O–H groups in total. The first-order valence-electron chi connectivity index (χ1n) is 6.13. The van der Waals surface area contributed by atoms with Crippen LogP contribution >= 0.6 is 15.9 Å². The van der Waals surface area contributed by atoms with Gasteiger partial charge in [0, 0.05) is 30.0 Å². The molecule has 0 spiro atoms. The molecular weight excluding hydrogens is 344 g/mol. The first-order valence-corrected chi connectivity index (χ1v) is 8.58. The number of sulfonamides is 1. The molecule has 0 aliphatic rings. The van der Waals surface area contributed by atoms with Gasteiger partial charge in [-0.1, -0.05) is 6.92 Å². The van der Waals surface area contributed by atoms with E-state index in [4.69, 9.17) is 0 Å². The summed E-state index contributed by atoms with van der Waals surface area (Å²) in [5.74, 6) is 0.0151. The Morgan fingerprint density at radius 2 is 2.15 bits per heavy atom. The first-order chi connectivity index (χ1) is 9.52. The molecule has 0 saturated heterocycles. The Bertz CT molecular complexity index is 706. The first kappa shape index (κ1) is 15.1. The lowest BCUT2D eigenvalue weighted by Gasteiger charge is -2.09. The largest absolute Gasteiger partial charge is 0.382 e. The zero-order chi connectivity index (χ0) is 14.6. The monoisotopic (exact) mass is 358 g/mol. The zero-order valence-corrected chi connectivity index (χ0v) is 13.3. The fraction of sp³-hybridized carbons (Fsp3) is 0.333. The van der Waals surface area contributed by atoms with Crippen LogP contribution in [0.3, 0.4) is 0 Å². The highest BCUT2D eigenvalue weighted by Crippen LogP contribution is 2.21. The van der Waals surface area contributed by atoms with Crippen LogP contribution < -0.4 is 10.0 Å². The van der Waals surface area contributed by atoms with Gasteiger partial charge in [-0.25, -0.2) is 13.1 Å². The number of rotatable bonds is 6. The molecule has 0 atom stereocenters. The summed E-state index contributed by atoms with van der Waals surface area (Å²) in [6.45, 7) is 2.46. The summed E-state index contributed by atoms with van der Waals surface area (Å²) in [6, 6.07) is 3.64. The predicted octanol–water partition coefficient (Wildman–Crippen LogP) is 1.74. The lowest BCUT2D eigenvalue weighted by atomic mass is 10.3. The third-order valence-corrected chi connectivity index (χ3v) is 4.50. The van der Waals surface area contributed by atoms with E-state index in [-0.39, 0.29) is 5.75 Å². The number of hydrogen-bond donors (Lipinski definition) is 2. The zero-order valence-electron chi connectivity index (χ0n) is 10.9. The average molecular weight is 359 g/mol. The Morgan fingerprint density at radius 3 is 2.90 bits per heavy atom. The topological polar surface area (TPSA) is 84.0 Å². The molecule has 2 rings (SSSR count). The summed E-state index contributed by atoms with van der Waals surface area (Å²) < 4.78 is 26.4. The number of hydrogen-bond acceptors (Lipinski definition) is 5. The minimum atomic E-state index is -3.22. The van der Waals surface area contributed by atoms with Crippen molar-refractivity contribution >= 4 is 42.7 Å². The van der Waals surface area contributed by atoms with Gasteiger partial charge in [-0.05, 0) is 28.1 Å². The molecule has 0 amide bonds. The van der Waals surface area contributed by atoms with Crippen molar-refractivity contribution in [1.29, 1.82) is 0 Å². The molecule has 2 heterocycles. The second-order valence-electron chi connectivity index (χ2n) is 4.12. The molecule has 0 unspecified atom stereocenters. The minimum Gasteiger partial charge on any atom is -0.382 e. The van der Waals surface area contributed by atoms with E-state index in [0.29, 0.717) is 13.1 Å². The number of pyridine rings is 2. The Labute approximate surface area is 126 Å². The maximum absolute atomic E-state index is 11.5. The van der Waals surface area contributed by atoms with Crippen LogP contribution in [-0.2, 0) is 10.0 Å². The molecule has 0 fully saturated rings. The Morgan fingerprint density at radius 1 is 1.35 bits per heavy atom. The fourth-order valence-electron chi connectivity index (χ4n) is 1.76. The van der Waals surface area contributed by atoms with Crippen molar-refractivity contribution in [3.05, 3.63) is 29.0 Å². The Hall–Kier alpha value is -1.25. The van der Waals surface area contributed by atoms with Crippen molar-refractivity contribution < 1.29 is 8.42 Å². The summed E-state index contributed by atoms with van der Waals surface area (Å²) in [5.41, 5.74) is 2.24. The van der Waals surface area contributed by atoms with E-state index >= 15 is 0 Å². The van der Waals surface area contributed by atoms with E-state index in [2.05, 4.69) is 35.9 Å². The average Bonchev–Trinajstić information content (AvgIpc) is 2.38. The summed E-state index contributed by atoms with van der Waals surface area (Å²) in [7, 11) is -3.22. The Balaban J connectivity index is 2.11. The molecule has 2 aromatic rings. The van der Waals surface area contributed by atoms with E-state index < -0.39 is 10.0 Å². The highest BCUT2D eigenvalue weighted by molar-refractivity contribution is 9.10. The quantitative estimate of drug-likeness (QED) is 0.821. The van der Waals surface area contributed by atoms with Gasteiger partial charge in [-0.2, -0.15) is 0 Å². The number of fused-ring (bicyclic) bond motifs is 1. The summed E-state index contributed by atoms with van der Waals surface area (Å²) in [6.07, 6.45) is 3.35. The van der Waals surface area contributed by atoms with Crippen molar-refractivity contribution in [2.45, 2.75) is 6.92 Å². The highest BCUT2D eigenvalue weighted by atomic mass is 79.9. The van der Waals surface area contributed by atoms with E-state index in [1.165, 1.54) is 0 Å². The lowest BCUT2D eigenvalue weighted by Crippen LogP contribution is -2.29. The van der Waals surface area contributed by atoms with Crippen molar-refractivity contribution in [1.82, 2.24) is 14.7 Å². The van der Waals surface area contributed by atoms with Crippen LogP contribution in [0.25, 0.3) is 11.0 Å². The molecule has 8 heteroatoms. The summed E-state index contributed by atoms with van der Waals surface area (Å²) in [5, 5.41) is 3.08. The van der Waals surface area contributed by atoms with Crippen molar-refractivity contribution in [2.75, 3.05) is 24.2 Å². The van der Waals surface area contributed by atoms with Crippen LogP contribution in [-0.4, -0.2) is 37.2 Å². The molecular formula is C12H15BrN4O2S. The molecule has 0 radical (unpaired) electrons.